The zero-order valence-electron chi connectivity index (χ0n) is 9.40. The number of aliphatic carboxylic acids is 1. The van der Waals surface area contributed by atoms with Crippen molar-refractivity contribution in [1.82, 2.24) is 5.32 Å². The molecule has 2 atom stereocenters. The lowest BCUT2D eigenvalue weighted by atomic mass is 10.1. The van der Waals surface area contributed by atoms with Crippen LogP contribution in [0.5, 0.6) is 0 Å². The Hall–Kier alpha value is -1.06. The molecule has 0 aliphatic carbocycles. The molecule has 0 aliphatic heterocycles. The van der Waals surface area contributed by atoms with Gasteiger partial charge in [-0.25, -0.2) is 0 Å². The summed E-state index contributed by atoms with van der Waals surface area (Å²) in [7, 11) is 0. The minimum atomic E-state index is -0.800. The molecule has 0 aliphatic rings. The molecular weight excluding hydrogens is 226 g/mol. The number of hydrogen-bond donors (Lipinski definition) is 2. The molecule has 0 radical (unpaired) electrons. The van der Waals surface area contributed by atoms with Gasteiger partial charge in [0.05, 0.1) is 6.42 Å². The number of carboxylic acid groups (broad SMARTS) is 1. The summed E-state index contributed by atoms with van der Waals surface area (Å²) in [6.45, 7) is 3.82. The molecule has 4 heteroatoms. The van der Waals surface area contributed by atoms with Gasteiger partial charge in [0.15, 0.2) is 0 Å². The van der Waals surface area contributed by atoms with Crippen LogP contribution in [0, 0.1) is 0 Å². The maximum Gasteiger partial charge on any atom is 0.304 e. The molecule has 1 rings (SSSR count). The lowest BCUT2D eigenvalue weighted by Crippen LogP contribution is -2.31. The van der Waals surface area contributed by atoms with Crippen LogP contribution in [0.3, 0.4) is 0 Å². The fourth-order valence-electron chi connectivity index (χ4n) is 1.66. The Morgan fingerprint density at radius 3 is 2.62 bits per heavy atom. The molecule has 0 spiro atoms. The first-order valence-corrected chi connectivity index (χ1v) is 5.60. The smallest absolute Gasteiger partial charge is 0.304 e. The van der Waals surface area contributed by atoms with Crippen LogP contribution in [0.15, 0.2) is 24.3 Å². The molecular formula is C12H16ClNO2. The van der Waals surface area contributed by atoms with E-state index in [0.717, 1.165) is 5.56 Å². The summed E-state index contributed by atoms with van der Waals surface area (Å²) in [6.07, 6.45) is 0.106. The highest BCUT2D eigenvalue weighted by molar-refractivity contribution is 6.31. The molecule has 88 valence electrons. The first-order chi connectivity index (χ1) is 7.50. The van der Waals surface area contributed by atoms with E-state index in [2.05, 4.69) is 5.32 Å². The largest absolute Gasteiger partial charge is 0.481 e. The molecule has 0 heterocycles. The van der Waals surface area contributed by atoms with E-state index in [4.69, 9.17) is 16.7 Å². The number of rotatable bonds is 5. The second-order valence-corrected chi connectivity index (χ2v) is 4.32. The quantitative estimate of drug-likeness (QED) is 0.834. The maximum atomic E-state index is 10.5. The molecule has 0 bridgehead atoms. The van der Waals surface area contributed by atoms with Gasteiger partial charge in [-0.1, -0.05) is 29.8 Å². The van der Waals surface area contributed by atoms with Gasteiger partial charge < -0.3 is 10.4 Å². The van der Waals surface area contributed by atoms with E-state index < -0.39 is 5.97 Å². The van der Waals surface area contributed by atoms with Crippen molar-refractivity contribution in [3.8, 4) is 0 Å². The first-order valence-electron chi connectivity index (χ1n) is 5.23. The highest BCUT2D eigenvalue weighted by atomic mass is 35.5. The van der Waals surface area contributed by atoms with Gasteiger partial charge in [0, 0.05) is 17.1 Å². The van der Waals surface area contributed by atoms with Crippen molar-refractivity contribution in [3.05, 3.63) is 34.9 Å². The summed E-state index contributed by atoms with van der Waals surface area (Å²) in [4.78, 5) is 10.5. The molecule has 0 saturated carbocycles. The predicted octanol–water partition coefficient (Wildman–Crippen LogP) is 2.85. The molecule has 3 nitrogen and oxygen atoms in total. The van der Waals surface area contributed by atoms with Gasteiger partial charge in [0.2, 0.25) is 0 Å². The lowest BCUT2D eigenvalue weighted by Gasteiger charge is -2.19. The van der Waals surface area contributed by atoms with Gasteiger partial charge in [0.25, 0.3) is 0 Å². The Bertz CT molecular complexity index is 368. The molecule has 1 aromatic rings. The third kappa shape index (κ3) is 3.83. The van der Waals surface area contributed by atoms with E-state index in [0.29, 0.717) is 5.02 Å². The van der Waals surface area contributed by atoms with E-state index in [-0.39, 0.29) is 18.5 Å². The third-order valence-electron chi connectivity index (χ3n) is 2.39. The number of carbonyl (C=O) groups is 1. The zero-order chi connectivity index (χ0) is 12.1. The van der Waals surface area contributed by atoms with E-state index >= 15 is 0 Å². The van der Waals surface area contributed by atoms with Crippen LogP contribution < -0.4 is 5.32 Å². The van der Waals surface area contributed by atoms with E-state index in [9.17, 15) is 4.79 Å². The molecule has 0 saturated heterocycles. The highest BCUT2D eigenvalue weighted by Gasteiger charge is 2.13. The van der Waals surface area contributed by atoms with Crippen LogP contribution in [-0.2, 0) is 4.79 Å². The number of hydrogen-bond acceptors (Lipinski definition) is 2. The van der Waals surface area contributed by atoms with Crippen molar-refractivity contribution >= 4 is 17.6 Å². The summed E-state index contributed by atoms with van der Waals surface area (Å²) in [6, 6.07) is 7.53. The molecule has 2 N–H and O–H groups in total. The van der Waals surface area contributed by atoms with Crippen molar-refractivity contribution in [2.75, 3.05) is 0 Å². The van der Waals surface area contributed by atoms with Crippen molar-refractivity contribution < 1.29 is 9.90 Å². The minimum Gasteiger partial charge on any atom is -0.481 e. The Balaban J connectivity index is 2.62. The standard InChI is InChI=1S/C12H16ClNO2/c1-8(7-12(15)16)14-9(2)10-5-3-4-6-11(10)13/h3-6,8-9,14H,7H2,1-2H3,(H,15,16)/t8?,9-/m0/s1. The summed E-state index contributed by atoms with van der Waals surface area (Å²) < 4.78 is 0. The van der Waals surface area contributed by atoms with Crippen LogP contribution >= 0.6 is 11.6 Å². The zero-order valence-corrected chi connectivity index (χ0v) is 10.2. The summed E-state index contributed by atoms with van der Waals surface area (Å²) in [5, 5.41) is 12.6. The monoisotopic (exact) mass is 241 g/mol. The Morgan fingerprint density at radius 1 is 1.44 bits per heavy atom. The van der Waals surface area contributed by atoms with Gasteiger partial charge in [-0.2, -0.15) is 0 Å². The molecule has 0 aromatic heterocycles. The Labute approximate surface area is 100 Å². The van der Waals surface area contributed by atoms with Gasteiger partial charge in [-0.05, 0) is 25.5 Å². The second kappa shape index (κ2) is 5.87. The van der Waals surface area contributed by atoms with Crippen molar-refractivity contribution in [2.45, 2.75) is 32.4 Å². The van der Waals surface area contributed by atoms with E-state index in [1.807, 2.05) is 38.1 Å². The molecule has 16 heavy (non-hydrogen) atoms. The van der Waals surface area contributed by atoms with Crippen LogP contribution in [0.2, 0.25) is 5.02 Å². The van der Waals surface area contributed by atoms with Crippen LogP contribution in [0.1, 0.15) is 31.9 Å². The summed E-state index contributed by atoms with van der Waals surface area (Å²) in [5.74, 6) is -0.800. The Morgan fingerprint density at radius 2 is 2.06 bits per heavy atom. The first kappa shape index (κ1) is 13.0. The molecule has 1 unspecified atom stereocenters. The van der Waals surface area contributed by atoms with E-state index in [1.54, 1.807) is 0 Å². The highest BCUT2D eigenvalue weighted by Crippen LogP contribution is 2.22. The minimum absolute atomic E-state index is 0.0445. The van der Waals surface area contributed by atoms with Crippen LogP contribution in [0.4, 0.5) is 0 Å². The lowest BCUT2D eigenvalue weighted by molar-refractivity contribution is -0.137. The molecule has 1 aromatic carbocycles. The topological polar surface area (TPSA) is 49.3 Å². The number of halogens is 1. The normalized spacial score (nSPS) is 14.4. The summed E-state index contributed by atoms with van der Waals surface area (Å²) >= 11 is 6.05. The SMILES string of the molecule is CC(CC(=O)O)N[C@@H](C)c1ccccc1Cl. The van der Waals surface area contributed by atoms with E-state index in [1.165, 1.54) is 0 Å². The second-order valence-electron chi connectivity index (χ2n) is 3.91. The fourth-order valence-corrected chi connectivity index (χ4v) is 1.96. The van der Waals surface area contributed by atoms with Crippen molar-refractivity contribution in [1.29, 1.82) is 0 Å². The average molecular weight is 242 g/mol. The van der Waals surface area contributed by atoms with Gasteiger partial charge in [-0.15, -0.1) is 0 Å². The number of benzene rings is 1. The van der Waals surface area contributed by atoms with Crippen LogP contribution in [-0.4, -0.2) is 17.1 Å². The average Bonchev–Trinajstić information content (AvgIpc) is 2.16. The fraction of sp³-hybridized carbons (Fsp3) is 0.417. The molecule has 0 amide bonds. The van der Waals surface area contributed by atoms with Crippen molar-refractivity contribution in [3.63, 3.8) is 0 Å². The summed E-state index contributed by atoms with van der Waals surface area (Å²) in [5.41, 5.74) is 0.987. The third-order valence-corrected chi connectivity index (χ3v) is 2.73. The predicted molar refractivity (Wildman–Crippen MR) is 64.7 cm³/mol. The number of carboxylic acids is 1. The maximum absolute atomic E-state index is 10.5. The Kier molecular flexibility index (Phi) is 4.77. The van der Waals surface area contributed by atoms with Gasteiger partial charge in [0.1, 0.15) is 0 Å². The molecule has 0 fully saturated rings. The number of nitrogens with one attached hydrogen (secondary N) is 1. The van der Waals surface area contributed by atoms with Crippen LogP contribution in [0.25, 0.3) is 0 Å². The van der Waals surface area contributed by atoms with Gasteiger partial charge >= 0.3 is 5.97 Å². The van der Waals surface area contributed by atoms with Crippen molar-refractivity contribution in [2.24, 2.45) is 0 Å². The van der Waals surface area contributed by atoms with Gasteiger partial charge in [-0.3, -0.25) is 4.79 Å².